The van der Waals surface area contributed by atoms with E-state index in [1.165, 1.54) is 24.2 Å². The van der Waals surface area contributed by atoms with Crippen LogP contribution in [0.25, 0.3) is 0 Å². The fraction of sp³-hybridized carbons (Fsp3) is 0.278. The molecule has 6 nitrogen and oxygen atoms in total. The summed E-state index contributed by atoms with van der Waals surface area (Å²) in [6, 6.07) is 12.9. The number of nitro groups is 1. The Morgan fingerprint density at radius 2 is 2.04 bits per heavy atom. The number of amides is 1. The summed E-state index contributed by atoms with van der Waals surface area (Å²) < 4.78 is 0. The van der Waals surface area contributed by atoms with Gasteiger partial charge in [0.1, 0.15) is 5.69 Å². The fourth-order valence-corrected chi connectivity index (χ4v) is 3.30. The van der Waals surface area contributed by atoms with Gasteiger partial charge in [-0.25, -0.2) is 0 Å². The maximum atomic E-state index is 11.8. The molecule has 2 aromatic rings. The minimum Gasteiger partial charge on any atom is -0.359 e. The highest BCUT2D eigenvalue weighted by Gasteiger charge is 2.29. The van der Waals surface area contributed by atoms with E-state index in [-0.39, 0.29) is 23.2 Å². The Kier molecular flexibility index (Phi) is 4.20. The zero-order chi connectivity index (χ0) is 17.3. The van der Waals surface area contributed by atoms with Gasteiger partial charge in [0.15, 0.2) is 0 Å². The maximum Gasteiger partial charge on any atom is 0.293 e. The van der Waals surface area contributed by atoms with E-state index >= 15 is 0 Å². The van der Waals surface area contributed by atoms with Gasteiger partial charge in [-0.1, -0.05) is 24.3 Å². The Morgan fingerprint density at radius 1 is 1.29 bits per heavy atom. The monoisotopic (exact) mass is 325 g/mol. The van der Waals surface area contributed by atoms with Gasteiger partial charge in [0.25, 0.3) is 11.6 Å². The van der Waals surface area contributed by atoms with Crippen LogP contribution < -0.4 is 10.2 Å². The lowest BCUT2D eigenvalue weighted by molar-refractivity contribution is -0.384. The molecule has 0 saturated carbocycles. The number of carbonyl (C=O) groups is 1. The lowest BCUT2D eigenvalue weighted by Crippen LogP contribution is -2.34. The van der Waals surface area contributed by atoms with Gasteiger partial charge >= 0.3 is 0 Å². The molecule has 2 aromatic carbocycles. The van der Waals surface area contributed by atoms with Crippen LogP contribution in [0.1, 0.15) is 34.5 Å². The molecule has 1 aliphatic heterocycles. The van der Waals surface area contributed by atoms with E-state index in [1.807, 2.05) is 24.0 Å². The fourth-order valence-electron chi connectivity index (χ4n) is 3.30. The van der Waals surface area contributed by atoms with Crippen LogP contribution in [0.2, 0.25) is 0 Å². The summed E-state index contributed by atoms with van der Waals surface area (Å²) in [6.07, 6.45) is 0.842. The average molecular weight is 325 g/mol. The van der Waals surface area contributed by atoms with Crippen molar-refractivity contribution in [3.05, 3.63) is 69.3 Å². The van der Waals surface area contributed by atoms with E-state index < -0.39 is 4.92 Å². The Labute approximate surface area is 140 Å². The largest absolute Gasteiger partial charge is 0.359 e. The smallest absolute Gasteiger partial charge is 0.293 e. The molecule has 1 aliphatic rings. The Balaban J connectivity index is 2.03. The molecule has 0 spiro atoms. The van der Waals surface area contributed by atoms with Crippen molar-refractivity contribution in [1.82, 2.24) is 5.32 Å². The van der Waals surface area contributed by atoms with Gasteiger partial charge in [-0.05, 0) is 36.6 Å². The summed E-state index contributed by atoms with van der Waals surface area (Å²) in [5, 5.41) is 14.0. The lowest BCUT2D eigenvalue weighted by atomic mass is 9.93. The van der Waals surface area contributed by atoms with E-state index in [9.17, 15) is 14.9 Å². The van der Waals surface area contributed by atoms with E-state index in [1.54, 1.807) is 12.1 Å². The number of hydrogen-bond acceptors (Lipinski definition) is 4. The minimum absolute atomic E-state index is 0.0395. The molecule has 1 amide bonds. The highest BCUT2D eigenvalue weighted by Crippen LogP contribution is 2.38. The number of hydrogen-bond donors (Lipinski definition) is 1. The van der Waals surface area contributed by atoms with Gasteiger partial charge in [-0.3, -0.25) is 14.9 Å². The van der Waals surface area contributed by atoms with Gasteiger partial charge in [-0.2, -0.15) is 0 Å². The third-order valence-corrected chi connectivity index (χ3v) is 4.57. The van der Waals surface area contributed by atoms with E-state index in [4.69, 9.17) is 0 Å². The van der Waals surface area contributed by atoms with Gasteiger partial charge in [0.2, 0.25) is 0 Å². The molecule has 6 heteroatoms. The molecule has 0 bridgehead atoms. The third kappa shape index (κ3) is 2.71. The molecule has 124 valence electrons. The van der Waals surface area contributed by atoms with Crippen LogP contribution in [-0.2, 0) is 6.42 Å². The number of nitro benzene ring substituents is 1. The van der Waals surface area contributed by atoms with E-state index in [0.717, 1.165) is 6.42 Å². The maximum absolute atomic E-state index is 11.8. The molecule has 0 aromatic heterocycles. The van der Waals surface area contributed by atoms with E-state index in [0.29, 0.717) is 12.2 Å². The number of carbonyl (C=O) groups excluding carboxylic acids is 1. The topological polar surface area (TPSA) is 75.5 Å². The quantitative estimate of drug-likeness (QED) is 0.695. The third-order valence-electron chi connectivity index (χ3n) is 4.57. The number of nitrogens with zero attached hydrogens (tertiary/aromatic N) is 2. The second-order valence-electron chi connectivity index (χ2n) is 5.86. The first-order chi connectivity index (χ1) is 11.5. The second-order valence-corrected chi connectivity index (χ2v) is 5.86. The first-order valence-electron chi connectivity index (χ1n) is 7.88. The van der Waals surface area contributed by atoms with Crippen LogP contribution in [0.3, 0.4) is 0 Å². The summed E-state index contributed by atoms with van der Waals surface area (Å²) >= 11 is 0. The molecule has 0 aliphatic carbocycles. The molecule has 0 fully saturated rings. The molecule has 1 unspecified atom stereocenters. The first-order valence-corrected chi connectivity index (χ1v) is 7.88. The summed E-state index contributed by atoms with van der Waals surface area (Å²) in [5.74, 6) is -0.332. The molecule has 0 saturated heterocycles. The molecule has 24 heavy (non-hydrogen) atoms. The van der Waals surface area contributed by atoms with Crippen molar-refractivity contribution >= 4 is 17.3 Å². The van der Waals surface area contributed by atoms with Crippen molar-refractivity contribution in [2.75, 3.05) is 18.5 Å². The Morgan fingerprint density at radius 3 is 2.75 bits per heavy atom. The molecule has 1 atom stereocenters. The number of nitrogens with one attached hydrogen (secondary N) is 1. The molecular formula is C18H19N3O3. The molecular weight excluding hydrogens is 306 g/mol. The minimum atomic E-state index is -0.422. The SMILES string of the molecule is CNC(=O)c1ccc(N2CCc3ccccc3C2C)c([N+](=O)[O-])c1. The number of fused-ring (bicyclic) bond motifs is 1. The number of rotatable bonds is 3. The Hall–Kier alpha value is -2.89. The van der Waals surface area contributed by atoms with E-state index in [2.05, 4.69) is 17.4 Å². The summed E-state index contributed by atoms with van der Waals surface area (Å²) in [5.41, 5.74) is 3.27. The summed E-state index contributed by atoms with van der Waals surface area (Å²) in [4.78, 5) is 24.9. The second kappa shape index (κ2) is 6.31. The lowest BCUT2D eigenvalue weighted by Gasteiger charge is -2.36. The predicted molar refractivity (Wildman–Crippen MR) is 92.4 cm³/mol. The van der Waals surface area contributed by atoms with Crippen molar-refractivity contribution < 1.29 is 9.72 Å². The number of benzene rings is 2. The summed E-state index contributed by atoms with van der Waals surface area (Å²) in [7, 11) is 1.51. The van der Waals surface area contributed by atoms with Crippen molar-refractivity contribution in [1.29, 1.82) is 0 Å². The van der Waals surface area contributed by atoms with Gasteiger partial charge in [0.05, 0.1) is 11.0 Å². The van der Waals surface area contributed by atoms with Crippen LogP contribution in [0.15, 0.2) is 42.5 Å². The average Bonchev–Trinajstić information content (AvgIpc) is 2.61. The van der Waals surface area contributed by atoms with Crippen molar-refractivity contribution in [2.24, 2.45) is 0 Å². The Bertz CT molecular complexity index is 804. The van der Waals surface area contributed by atoms with Gasteiger partial charge in [-0.15, -0.1) is 0 Å². The van der Waals surface area contributed by atoms with Crippen LogP contribution >= 0.6 is 0 Å². The van der Waals surface area contributed by atoms with Gasteiger partial charge in [0, 0.05) is 25.2 Å². The number of anilines is 1. The standard InChI is InChI=1S/C18H19N3O3/c1-12-15-6-4-3-5-13(15)9-10-20(12)16-8-7-14(18(22)19-2)11-17(16)21(23)24/h3-8,11-12H,9-10H2,1-2H3,(H,19,22). The zero-order valence-electron chi connectivity index (χ0n) is 13.7. The molecule has 0 radical (unpaired) electrons. The van der Waals surface area contributed by atoms with Crippen molar-refractivity contribution in [3.8, 4) is 0 Å². The van der Waals surface area contributed by atoms with Crippen molar-refractivity contribution in [3.63, 3.8) is 0 Å². The summed E-state index contributed by atoms with van der Waals surface area (Å²) in [6.45, 7) is 2.76. The highest BCUT2D eigenvalue weighted by molar-refractivity contribution is 5.95. The van der Waals surface area contributed by atoms with Crippen LogP contribution in [0.4, 0.5) is 11.4 Å². The van der Waals surface area contributed by atoms with Crippen molar-refractivity contribution in [2.45, 2.75) is 19.4 Å². The molecule has 3 rings (SSSR count). The zero-order valence-corrected chi connectivity index (χ0v) is 13.7. The van der Waals surface area contributed by atoms with Crippen LogP contribution in [-0.4, -0.2) is 24.4 Å². The highest BCUT2D eigenvalue weighted by atomic mass is 16.6. The molecule has 1 N–H and O–H groups in total. The normalized spacial score (nSPS) is 16.4. The van der Waals surface area contributed by atoms with Gasteiger partial charge < -0.3 is 10.2 Å². The molecule has 1 heterocycles. The predicted octanol–water partition coefficient (Wildman–Crippen LogP) is 3.08. The van der Waals surface area contributed by atoms with Crippen LogP contribution in [0.5, 0.6) is 0 Å². The van der Waals surface area contributed by atoms with Crippen LogP contribution in [0, 0.1) is 10.1 Å². The first kappa shape index (κ1) is 16.0.